The monoisotopic (exact) mass is 301 g/mol. The van der Waals surface area contributed by atoms with E-state index in [0.29, 0.717) is 18.4 Å². The number of benzene rings is 1. The SMILES string of the molecule is Cc1ccc(F)cc1S(=O)(=O)N(CCC(=O)O)C1CC1. The minimum Gasteiger partial charge on any atom is -0.481 e. The van der Waals surface area contributed by atoms with Crippen LogP contribution in [0, 0.1) is 12.7 Å². The number of sulfonamides is 1. The molecule has 0 radical (unpaired) electrons. The highest BCUT2D eigenvalue weighted by Gasteiger charge is 2.38. The second-order valence-corrected chi connectivity index (χ2v) is 6.76. The molecular weight excluding hydrogens is 285 g/mol. The Bertz CT molecular complexity index is 625. The number of aliphatic carboxylic acids is 1. The van der Waals surface area contributed by atoms with Crippen LogP contribution >= 0.6 is 0 Å². The van der Waals surface area contributed by atoms with Gasteiger partial charge in [-0.05, 0) is 37.5 Å². The molecule has 110 valence electrons. The molecular formula is C13H16FNO4S. The van der Waals surface area contributed by atoms with E-state index in [1.165, 1.54) is 16.4 Å². The van der Waals surface area contributed by atoms with Crippen molar-refractivity contribution in [2.24, 2.45) is 0 Å². The van der Waals surface area contributed by atoms with E-state index in [0.717, 1.165) is 6.07 Å². The van der Waals surface area contributed by atoms with Gasteiger partial charge in [0.15, 0.2) is 0 Å². The predicted octanol–water partition coefficient (Wildman–Crippen LogP) is 1.76. The summed E-state index contributed by atoms with van der Waals surface area (Å²) in [5.41, 5.74) is 0.451. The maximum Gasteiger partial charge on any atom is 0.304 e. The van der Waals surface area contributed by atoms with Gasteiger partial charge in [-0.1, -0.05) is 6.07 Å². The highest BCUT2D eigenvalue weighted by molar-refractivity contribution is 7.89. The van der Waals surface area contributed by atoms with Gasteiger partial charge in [0, 0.05) is 12.6 Å². The first-order valence-electron chi connectivity index (χ1n) is 6.32. The van der Waals surface area contributed by atoms with Crippen LogP contribution in [0.3, 0.4) is 0 Å². The zero-order valence-electron chi connectivity index (χ0n) is 11.0. The van der Waals surface area contributed by atoms with Crippen LogP contribution in [-0.2, 0) is 14.8 Å². The molecule has 0 saturated heterocycles. The fourth-order valence-electron chi connectivity index (χ4n) is 2.05. The lowest BCUT2D eigenvalue weighted by Gasteiger charge is -2.22. The maximum absolute atomic E-state index is 13.3. The molecule has 1 aliphatic rings. The van der Waals surface area contributed by atoms with E-state index in [2.05, 4.69) is 0 Å². The average Bonchev–Trinajstić information content (AvgIpc) is 3.16. The number of halogens is 1. The van der Waals surface area contributed by atoms with Crippen molar-refractivity contribution in [3.8, 4) is 0 Å². The number of aryl methyl sites for hydroxylation is 1. The summed E-state index contributed by atoms with van der Waals surface area (Å²) in [6, 6.07) is 3.43. The van der Waals surface area contributed by atoms with E-state index in [-0.39, 0.29) is 23.9 Å². The van der Waals surface area contributed by atoms with Gasteiger partial charge in [-0.3, -0.25) is 4.79 Å². The molecule has 0 aliphatic heterocycles. The van der Waals surface area contributed by atoms with E-state index >= 15 is 0 Å². The fourth-order valence-corrected chi connectivity index (χ4v) is 3.97. The van der Waals surface area contributed by atoms with Crippen LogP contribution < -0.4 is 0 Å². The molecule has 1 N–H and O–H groups in total. The summed E-state index contributed by atoms with van der Waals surface area (Å²) in [7, 11) is -3.86. The van der Waals surface area contributed by atoms with Gasteiger partial charge in [0.2, 0.25) is 10.0 Å². The van der Waals surface area contributed by atoms with E-state index in [1.807, 2.05) is 0 Å². The molecule has 0 aromatic heterocycles. The standard InChI is InChI=1S/C13H16FNO4S/c1-9-2-3-10(14)8-12(9)20(18,19)15(11-4-5-11)7-6-13(16)17/h2-3,8,11H,4-7H2,1H3,(H,16,17). The van der Waals surface area contributed by atoms with Crippen molar-refractivity contribution in [3.05, 3.63) is 29.6 Å². The zero-order chi connectivity index (χ0) is 14.9. The molecule has 1 aromatic rings. The summed E-state index contributed by atoms with van der Waals surface area (Å²) in [6.07, 6.45) is 1.17. The Hall–Kier alpha value is -1.47. The Balaban J connectivity index is 2.35. The topological polar surface area (TPSA) is 74.7 Å². The summed E-state index contributed by atoms with van der Waals surface area (Å²) in [5.74, 6) is -1.68. The Labute approximate surface area is 117 Å². The van der Waals surface area contributed by atoms with Crippen molar-refractivity contribution >= 4 is 16.0 Å². The quantitative estimate of drug-likeness (QED) is 0.869. The van der Waals surface area contributed by atoms with Crippen LogP contribution in [0.15, 0.2) is 23.1 Å². The first-order chi connectivity index (χ1) is 9.32. The number of hydrogen-bond acceptors (Lipinski definition) is 3. The first kappa shape index (κ1) is 14.9. The highest BCUT2D eigenvalue weighted by atomic mass is 32.2. The number of nitrogens with zero attached hydrogens (tertiary/aromatic N) is 1. The van der Waals surface area contributed by atoms with Crippen LogP contribution in [0.5, 0.6) is 0 Å². The molecule has 20 heavy (non-hydrogen) atoms. The van der Waals surface area contributed by atoms with Crippen LogP contribution in [0.4, 0.5) is 4.39 Å². The number of rotatable bonds is 6. The van der Waals surface area contributed by atoms with E-state index in [1.54, 1.807) is 6.92 Å². The third-order valence-electron chi connectivity index (χ3n) is 3.24. The zero-order valence-corrected chi connectivity index (χ0v) is 11.9. The number of carboxylic acid groups (broad SMARTS) is 1. The molecule has 0 heterocycles. The summed E-state index contributed by atoms with van der Waals surface area (Å²) >= 11 is 0. The van der Waals surface area contributed by atoms with Crippen molar-refractivity contribution in [3.63, 3.8) is 0 Å². The highest BCUT2D eigenvalue weighted by Crippen LogP contribution is 2.33. The second-order valence-electron chi connectivity index (χ2n) is 4.90. The summed E-state index contributed by atoms with van der Waals surface area (Å²) in [5, 5.41) is 8.72. The van der Waals surface area contributed by atoms with Gasteiger partial charge >= 0.3 is 5.97 Å². The molecule has 0 atom stereocenters. The molecule has 0 unspecified atom stereocenters. The fraction of sp³-hybridized carbons (Fsp3) is 0.462. The summed E-state index contributed by atoms with van der Waals surface area (Å²) < 4.78 is 39.6. The van der Waals surface area contributed by atoms with Crippen LogP contribution in [0.25, 0.3) is 0 Å². The lowest BCUT2D eigenvalue weighted by atomic mass is 10.2. The molecule has 0 spiro atoms. The number of carbonyl (C=O) groups is 1. The minimum atomic E-state index is -3.86. The smallest absolute Gasteiger partial charge is 0.304 e. The molecule has 1 aliphatic carbocycles. The van der Waals surface area contributed by atoms with E-state index < -0.39 is 21.8 Å². The van der Waals surface area contributed by atoms with E-state index in [4.69, 9.17) is 5.11 Å². The van der Waals surface area contributed by atoms with E-state index in [9.17, 15) is 17.6 Å². The second kappa shape index (κ2) is 5.49. The molecule has 5 nitrogen and oxygen atoms in total. The van der Waals surface area contributed by atoms with Gasteiger partial charge in [0.25, 0.3) is 0 Å². The Kier molecular flexibility index (Phi) is 4.10. The molecule has 0 amide bonds. The van der Waals surface area contributed by atoms with Gasteiger partial charge in [-0.2, -0.15) is 4.31 Å². The summed E-state index contributed by atoms with van der Waals surface area (Å²) in [6.45, 7) is 1.51. The predicted molar refractivity (Wildman–Crippen MR) is 70.3 cm³/mol. The van der Waals surface area contributed by atoms with Crippen LogP contribution in [-0.4, -0.2) is 36.4 Å². The molecule has 1 aromatic carbocycles. The molecule has 1 saturated carbocycles. The Morgan fingerprint density at radius 1 is 1.45 bits per heavy atom. The number of hydrogen-bond donors (Lipinski definition) is 1. The minimum absolute atomic E-state index is 0.0850. The normalized spacial score (nSPS) is 15.6. The average molecular weight is 301 g/mol. The molecule has 7 heteroatoms. The van der Waals surface area contributed by atoms with Crippen molar-refractivity contribution < 1.29 is 22.7 Å². The van der Waals surface area contributed by atoms with Crippen molar-refractivity contribution in [1.29, 1.82) is 0 Å². The van der Waals surface area contributed by atoms with Crippen LogP contribution in [0.1, 0.15) is 24.8 Å². The Morgan fingerprint density at radius 3 is 2.65 bits per heavy atom. The molecule has 2 rings (SSSR count). The van der Waals surface area contributed by atoms with Crippen molar-refractivity contribution in [2.75, 3.05) is 6.54 Å². The van der Waals surface area contributed by atoms with Gasteiger partial charge in [-0.15, -0.1) is 0 Å². The van der Waals surface area contributed by atoms with Gasteiger partial charge in [0.05, 0.1) is 11.3 Å². The van der Waals surface area contributed by atoms with Gasteiger partial charge < -0.3 is 5.11 Å². The van der Waals surface area contributed by atoms with Gasteiger partial charge in [-0.25, -0.2) is 12.8 Å². The largest absolute Gasteiger partial charge is 0.481 e. The number of carboxylic acids is 1. The lowest BCUT2D eigenvalue weighted by Crippen LogP contribution is -2.35. The lowest BCUT2D eigenvalue weighted by molar-refractivity contribution is -0.137. The van der Waals surface area contributed by atoms with Crippen LogP contribution in [0.2, 0.25) is 0 Å². The molecule has 0 bridgehead atoms. The van der Waals surface area contributed by atoms with Gasteiger partial charge in [0.1, 0.15) is 5.82 Å². The van der Waals surface area contributed by atoms with Crippen molar-refractivity contribution in [2.45, 2.75) is 37.1 Å². The maximum atomic E-state index is 13.3. The Morgan fingerprint density at radius 2 is 2.10 bits per heavy atom. The summed E-state index contributed by atoms with van der Waals surface area (Å²) in [4.78, 5) is 10.6. The third-order valence-corrected chi connectivity index (χ3v) is 5.33. The van der Waals surface area contributed by atoms with Crippen molar-refractivity contribution in [1.82, 2.24) is 4.31 Å². The first-order valence-corrected chi connectivity index (χ1v) is 7.76. The third kappa shape index (κ3) is 3.16. The molecule has 1 fully saturated rings.